The average molecular weight is 249 g/mol. The number of nitrogens with zero attached hydrogens (tertiary/aromatic N) is 1. The van der Waals surface area contributed by atoms with E-state index in [4.69, 9.17) is 10.5 Å². The van der Waals surface area contributed by atoms with Gasteiger partial charge in [0, 0.05) is 12.6 Å². The molecule has 6 nitrogen and oxygen atoms in total. The summed E-state index contributed by atoms with van der Waals surface area (Å²) in [7, 11) is 1.52. The summed E-state index contributed by atoms with van der Waals surface area (Å²) in [6, 6.07) is 4.67. The molecule has 0 bridgehead atoms. The van der Waals surface area contributed by atoms with Gasteiger partial charge in [-0.1, -0.05) is 0 Å². The third kappa shape index (κ3) is 2.14. The van der Waals surface area contributed by atoms with Gasteiger partial charge in [-0.25, -0.2) is 4.79 Å². The van der Waals surface area contributed by atoms with E-state index in [1.165, 1.54) is 7.11 Å². The quantitative estimate of drug-likeness (QED) is 0.804. The monoisotopic (exact) mass is 249 g/mol. The van der Waals surface area contributed by atoms with Gasteiger partial charge in [-0.2, -0.15) is 0 Å². The molecule has 0 saturated carbocycles. The minimum absolute atomic E-state index is 0.182. The van der Waals surface area contributed by atoms with Crippen molar-refractivity contribution in [1.29, 1.82) is 0 Å². The normalized spacial score (nSPS) is 12.6. The van der Waals surface area contributed by atoms with E-state index in [1.807, 2.05) is 0 Å². The molecule has 0 aliphatic heterocycles. The fourth-order valence-corrected chi connectivity index (χ4v) is 1.81. The van der Waals surface area contributed by atoms with Crippen LogP contribution in [0.25, 0.3) is 10.9 Å². The number of methoxy groups -OCH3 is 1. The van der Waals surface area contributed by atoms with Crippen molar-refractivity contribution in [2.24, 2.45) is 5.73 Å². The van der Waals surface area contributed by atoms with E-state index >= 15 is 0 Å². The van der Waals surface area contributed by atoms with Crippen molar-refractivity contribution >= 4 is 10.9 Å². The lowest BCUT2D eigenvalue weighted by atomic mass is 10.2. The standard InChI is InChI=1S/C12H15N3O3/c1-7(13)6-15-11(16)9-5-8(18-2)3-4-10(9)14-12(15)17/h3-5,7H,6,13H2,1-2H3,(H,14,17). The van der Waals surface area contributed by atoms with E-state index in [0.717, 1.165) is 4.57 Å². The molecule has 0 saturated heterocycles. The lowest BCUT2D eigenvalue weighted by molar-refractivity contribution is 0.415. The second-order valence-electron chi connectivity index (χ2n) is 4.23. The Morgan fingerprint density at radius 2 is 2.17 bits per heavy atom. The highest BCUT2D eigenvalue weighted by Crippen LogP contribution is 2.14. The first kappa shape index (κ1) is 12.4. The van der Waals surface area contributed by atoms with Gasteiger partial charge in [-0.15, -0.1) is 0 Å². The first-order chi connectivity index (χ1) is 8.52. The average Bonchev–Trinajstić information content (AvgIpc) is 2.34. The number of fused-ring (bicyclic) bond motifs is 1. The predicted molar refractivity (Wildman–Crippen MR) is 69.0 cm³/mol. The van der Waals surface area contributed by atoms with E-state index in [2.05, 4.69) is 4.98 Å². The zero-order chi connectivity index (χ0) is 13.3. The number of nitrogens with two attached hydrogens (primary N) is 1. The Labute approximate surface area is 103 Å². The van der Waals surface area contributed by atoms with Crippen LogP contribution >= 0.6 is 0 Å². The maximum absolute atomic E-state index is 12.2. The summed E-state index contributed by atoms with van der Waals surface area (Å²) in [5.41, 5.74) is 5.31. The van der Waals surface area contributed by atoms with Crippen LogP contribution in [0.15, 0.2) is 27.8 Å². The Morgan fingerprint density at radius 1 is 1.44 bits per heavy atom. The second kappa shape index (κ2) is 4.66. The topological polar surface area (TPSA) is 90.1 Å². The van der Waals surface area contributed by atoms with Gasteiger partial charge < -0.3 is 15.5 Å². The number of hydrogen-bond acceptors (Lipinski definition) is 4. The zero-order valence-electron chi connectivity index (χ0n) is 10.3. The molecule has 18 heavy (non-hydrogen) atoms. The molecule has 0 radical (unpaired) electrons. The van der Waals surface area contributed by atoms with Crippen LogP contribution in [0.4, 0.5) is 0 Å². The van der Waals surface area contributed by atoms with Gasteiger partial charge in [0.25, 0.3) is 5.56 Å². The molecule has 0 aliphatic rings. The fourth-order valence-electron chi connectivity index (χ4n) is 1.81. The van der Waals surface area contributed by atoms with Crippen LogP contribution in [0.3, 0.4) is 0 Å². The molecule has 1 heterocycles. The molecule has 2 rings (SSSR count). The van der Waals surface area contributed by atoms with Crippen molar-refractivity contribution in [3.8, 4) is 5.75 Å². The first-order valence-electron chi connectivity index (χ1n) is 5.59. The van der Waals surface area contributed by atoms with Crippen molar-refractivity contribution in [3.05, 3.63) is 39.0 Å². The van der Waals surface area contributed by atoms with E-state index in [-0.39, 0.29) is 18.1 Å². The molecular formula is C12H15N3O3. The van der Waals surface area contributed by atoms with Crippen LogP contribution in [0.5, 0.6) is 5.75 Å². The maximum atomic E-state index is 12.2. The molecule has 1 unspecified atom stereocenters. The number of aromatic amines is 1. The Hall–Kier alpha value is -2.08. The summed E-state index contributed by atoms with van der Waals surface area (Å²) in [5.74, 6) is 0.569. The molecule has 96 valence electrons. The summed E-state index contributed by atoms with van der Waals surface area (Å²) in [6.07, 6.45) is 0. The van der Waals surface area contributed by atoms with Gasteiger partial charge in [0.05, 0.1) is 18.0 Å². The van der Waals surface area contributed by atoms with E-state index < -0.39 is 5.69 Å². The fraction of sp³-hybridized carbons (Fsp3) is 0.333. The number of ether oxygens (including phenoxy) is 1. The van der Waals surface area contributed by atoms with Gasteiger partial charge in [0.1, 0.15) is 5.75 Å². The number of benzene rings is 1. The highest BCUT2D eigenvalue weighted by Gasteiger charge is 2.09. The number of hydrogen-bond donors (Lipinski definition) is 2. The van der Waals surface area contributed by atoms with Gasteiger partial charge in [-0.05, 0) is 25.1 Å². The smallest absolute Gasteiger partial charge is 0.328 e. The van der Waals surface area contributed by atoms with Crippen molar-refractivity contribution in [3.63, 3.8) is 0 Å². The van der Waals surface area contributed by atoms with Crippen LogP contribution in [0.2, 0.25) is 0 Å². The number of rotatable bonds is 3. The van der Waals surface area contributed by atoms with Crippen LogP contribution in [0.1, 0.15) is 6.92 Å². The third-order valence-corrected chi connectivity index (χ3v) is 2.66. The van der Waals surface area contributed by atoms with Gasteiger partial charge in [-0.3, -0.25) is 9.36 Å². The third-order valence-electron chi connectivity index (χ3n) is 2.66. The SMILES string of the molecule is COc1ccc2[nH]c(=O)n(CC(C)N)c(=O)c2c1. The molecule has 1 aromatic heterocycles. The summed E-state index contributed by atoms with van der Waals surface area (Å²) < 4.78 is 6.17. The van der Waals surface area contributed by atoms with Gasteiger partial charge in [0.15, 0.2) is 0 Å². The van der Waals surface area contributed by atoms with E-state index in [0.29, 0.717) is 16.7 Å². The number of aromatic nitrogens is 2. The summed E-state index contributed by atoms with van der Waals surface area (Å²) in [5, 5.41) is 0.412. The Balaban J connectivity index is 2.74. The molecule has 6 heteroatoms. The van der Waals surface area contributed by atoms with E-state index in [9.17, 15) is 9.59 Å². The van der Waals surface area contributed by atoms with Crippen molar-refractivity contribution < 1.29 is 4.74 Å². The summed E-state index contributed by atoms with van der Waals surface area (Å²) in [4.78, 5) is 26.6. The zero-order valence-corrected chi connectivity index (χ0v) is 10.3. The molecule has 1 atom stereocenters. The highest BCUT2D eigenvalue weighted by atomic mass is 16.5. The molecule has 0 fully saturated rings. The van der Waals surface area contributed by atoms with Crippen molar-refractivity contribution in [2.75, 3.05) is 7.11 Å². The van der Waals surface area contributed by atoms with Crippen molar-refractivity contribution in [1.82, 2.24) is 9.55 Å². The van der Waals surface area contributed by atoms with Crippen LogP contribution in [-0.4, -0.2) is 22.7 Å². The molecular weight excluding hydrogens is 234 g/mol. The maximum Gasteiger partial charge on any atom is 0.328 e. The first-order valence-corrected chi connectivity index (χ1v) is 5.59. The Bertz CT molecular complexity index is 685. The lowest BCUT2D eigenvalue weighted by Crippen LogP contribution is -2.39. The number of nitrogens with one attached hydrogen (secondary N) is 1. The molecule has 0 spiro atoms. The largest absolute Gasteiger partial charge is 0.497 e. The predicted octanol–water partition coefficient (Wildman–Crippen LogP) is 0.0456. The minimum Gasteiger partial charge on any atom is -0.497 e. The van der Waals surface area contributed by atoms with Crippen LogP contribution in [0, 0.1) is 0 Å². The molecule has 1 aromatic carbocycles. The number of H-pyrrole nitrogens is 1. The van der Waals surface area contributed by atoms with Crippen LogP contribution in [-0.2, 0) is 6.54 Å². The highest BCUT2D eigenvalue weighted by molar-refractivity contribution is 5.78. The molecule has 0 amide bonds. The van der Waals surface area contributed by atoms with Crippen LogP contribution < -0.4 is 21.7 Å². The van der Waals surface area contributed by atoms with Gasteiger partial charge >= 0.3 is 5.69 Å². The molecule has 2 aromatic rings. The molecule has 3 N–H and O–H groups in total. The lowest BCUT2D eigenvalue weighted by Gasteiger charge is -2.09. The Kier molecular flexibility index (Phi) is 3.20. The summed E-state index contributed by atoms with van der Waals surface area (Å²) in [6.45, 7) is 1.92. The summed E-state index contributed by atoms with van der Waals surface area (Å²) >= 11 is 0. The Morgan fingerprint density at radius 3 is 2.78 bits per heavy atom. The van der Waals surface area contributed by atoms with E-state index in [1.54, 1.807) is 25.1 Å². The molecule has 0 aliphatic carbocycles. The van der Waals surface area contributed by atoms with Crippen molar-refractivity contribution in [2.45, 2.75) is 19.5 Å². The van der Waals surface area contributed by atoms with Gasteiger partial charge in [0.2, 0.25) is 0 Å². The minimum atomic E-state index is -0.449. The second-order valence-corrected chi connectivity index (χ2v) is 4.23.